The fourth-order valence-corrected chi connectivity index (χ4v) is 4.43. The highest BCUT2D eigenvalue weighted by molar-refractivity contribution is 5.98. The van der Waals surface area contributed by atoms with E-state index in [4.69, 9.17) is 0 Å². The van der Waals surface area contributed by atoms with Crippen LogP contribution < -0.4 is 5.32 Å². The van der Waals surface area contributed by atoms with Gasteiger partial charge in [0.15, 0.2) is 0 Å². The molecule has 1 fully saturated rings. The predicted molar refractivity (Wildman–Crippen MR) is 135 cm³/mol. The minimum Gasteiger partial charge on any atom is -0.340 e. The number of amides is 3. The van der Waals surface area contributed by atoms with Gasteiger partial charge in [-0.3, -0.25) is 24.5 Å². The van der Waals surface area contributed by atoms with E-state index in [1.807, 2.05) is 25.7 Å². The second-order valence-electron chi connectivity index (χ2n) is 9.84. The van der Waals surface area contributed by atoms with Crippen molar-refractivity contribution in [3.8, 4) is 0 Å². The van der Waals surface area contributed by atoms with Crippen LogP contribution in [0.2, 0.25) is 0 Å². The molecule has 0 aromatic heterocycles. The van der Waals surface area contributed by atoms with E-state index >= 15 is 0 Å². The van der Waals surface area contributed by atoms with Gasteiger partial charge in [0.05, 0.1) is 4.92 Å². The fourth-order valence-electron chi connectivity index (χ4n) is 4.43. The van der Waals surface area contributed by atoms with E-state index in [1.165, 1.54) is 31.0 Å². The summed E-state index contributed by atoms with van der Waals surface area (Å²) >= 11 is 0. The van der Waals surface area contributed by atoms with E-state index in [9.17, 15) is 24.5 Å². The van der Waals surface area contributed by atoms with Crippen molar-refractivity contribution in [2.45, 2.75) is 85.2 Å². The molecule has 0 radical (unpaired) electrons. The van der Waals surface area contributed by atoms with Crippen LogP contribution in [0.1, 0.15) is 82.1 Å². The number of hydrogen-bond donors (Lipinski definition) is 1. The second kappa shape index (κ2) is 13.2. The Hall–Kier alpha value is -2.97. The molecule has 1 aromatic rings. The minimum atomic E-state index is -0.768. The summed E-state index contributed by atoms with van der Waals surface area (Å²) in [6, 6.07) is 3.42. The van der Waals surface area contributed by atoms with Gasteiger partial charge in [-0.25, -0.2) is 0 Å². The van der Waals surface area contributed by atoms with Crippen molar-refractivity contribution in [2.75, 3.05) is 19.6 Å². The second-order valence-corrected chi connectivity index (χ2v) is 9.84. The van der Waals surface area contributed by atoms with Gasteiger partial charge in [0.2, 0.25) is 11.8 Å². The van der Waals surface area contributed by atoms with Crippen LogP contribution >= 0.6 is 0 Å². The van der Waals surface area contributed by atoms with Crippen LogP contribution in [0.15, 0.2) is 18.2 Å². The number of piperazine rings is 1. The highest BCUT2D eigenvalue weighted by atomic mass is 16.6. The van der Waals surface area contributed by atoms with Gasteiger partial charge < -0.3 is 15.1 Å². The number of hydrogen-bond acceptors (Lipinski definition) is 5. The van der Waals surface area contributed by atoms with E-state index in [-0.39, 0.29) is 35.0 Å². The van der Waals surface area contributed by atoms with Crippen molar-refractivity contribution < 1.29 is 19.3 Å². The Morgan fingerprint density at radius 3 is 2.43 bits per heavy atom. The van der Waals surface area contributed by atoms with Crippen LogP contribution in [0.4, 0.5) is 5.69 Å². The van der Waals surface area contributed by atoms with Gasteiger partial charge in [-0.1, -0.05) is 52.5 Å². The third-order valence-electron chi connectivity index (χ3n) is 6.64. The molecule has 1 aromatic carbocycles. The molecule has 9 nitrogen and oxygen atoms in total. The number of unbranched alkanes of at least 4 members (excludes halogenated alkanes) is 4. The van der Waals surface area contributed by atoms with Crippen molar-refractivity contribution in [3.63, 3.8) is 0 Å². The molecule has 194 valence electrons. The maximum absolute atomic E-state index is 13.3. The number of rotatable bonds is 11. The molecule has 1 aliphatic rings. The normalized spacial score (nSPS) is 16.8. The summed E-state index contributed by atoms with van der Waals surface area (Å²) in [7, 11) is 0. The van der Waals surface area contributed by atoms with Crippen molar-refractivity contribution in [3.05, 3.63) is 39.4 Å². The molecular formula is C26H40N4O5. The first-order valence-electron chi connectivity index (χ1n) is 12.7. The van der Waals surface area contributed by atoms with E-state index in [2.05, 4.69) is 12.2 Å². The summed E-state index contributed by atoms with van der Waals surface area (Å²) in [5.41, 5.74) is 0.471. The molecule has 3 amide bonds. The van der Waals surface area contributed by atoms with Gasteiger partial charge in [-0.2, -0.15) is 0 Å². The zero-order valence-electron chi connectivity index (χ0n) is 21.7. The predicted octanol–water partition coefficient (Wildman–Crippen LogP) is 4.08. The molecule has 2 atom stereocenters. The van der Waals surface area contributed by atoms with E-state index in [1.54, 1.807) is 11.8 Å². The Balaban J connectivity index is 1.99. The Morgan fingerprint density at radius 1 is 1.14 bits per heavy atom. The zero-order valence-corrected chi connectivity index (χ0v) is 21.7. The van der Waals surface area contributed by atoms with E-state index in [0.717, 1.165) is 19.3 Å². The molecular weight excluding hydrogens is 448 g/mol. The average Bonchev–Trinajstić information content (AvgIpc) is 2.81. The lowest BCUT2D eigenvalue weighted by atomic mass is 10.0. The molecule has 0 unspecified atom stereocenters. The van der Waals surface area contributed by atoms with Gasteiger partial charge in [-0.15, -0.1) is 0 Å². The lowest BCUT2D eigenvalue weighted by Crippen LogP contribution is -2.59. The number of carbonyl (C=O) groups excluding carboxylic acids is 3. The molecule has 0 saturated carbocycles. The smallest absolute Gasteiger partial charge is 0.273 e. The maximum Gasteiger partial charge on any atom is 0.273 e. The van der Waals surface area contributed by atoms with Gasteiger partial charge in [-0.05, 0) is 32.3 Å². The third kappa shape index (κ3) is 7.77. The van der Waals surface area contributed by atoms with Crippen LogP contribution in [0.25, 0.3) is 0 Å². The molecule has 1 aliphatic heterocycles. The van der Waals surface area contributed by atoms with Gasteiger partial charge in [0, 0.05) is 49.3 Å². The molecule has 1 saturated heterocycles. The number of nitrogens with one attached hydrogen (secondary N) is 1. The van der Waals surface area contributed by atoms with Gasteiger partial charge in [0.25, 0.3) is 11.6 Å². The summed E-state index contributed by atoms with van der Waals surface area (Å²) in [5, 5.41) is 14.0. The largest absolute Gasteiger partial charge is 0.340 e. The van der Waals surface area contributed by atoms with Crippen LogP contribution in [-0.2, 0) is 9.59 Å². The standard InChI is InChI=1S/C26H40N4O5/c1-6-7-8-9-10-11-23(31)29-15-14-28(17-20(29)5)26(33)24(18(2)3)27-25(32)21-13-12-19(4)22(16-21)30(34)35/h12-13,16,18,20,24H,6-11,14-15,17H2,1-5H3,(H,27,32)/t20-,24+/m0/s1. The average molecular weight is 489 g/mol. The van der Waals surface area contributed by atoms with Crippen LogP contribution in [-0.4, -0.2) is 64.2 Å². The fraction of sp³-hybridized carbons (Fsp3) is 0.654. The highest BCUT2D eigenvalue weighted by Gasteiger charge is 2.34. The summed E-state index contributed by atoms with van der Waals surface area (Å²) in [6.07, 6.45) is 6.01. The number of aryl methyl sites for hydroxylation is 1. The number of carbonyl (C=O) groups is 3. The molecule has 1 heterocycles. The summed E-state index contributed by atoms with van der Waals surface area (Å²) in [5.74, 6) is -0.765. The number of nitrogens with zero attached hydrogens (tertiary/aromatic N) is 3. The minimum absolute atomic E-state index is 0.0981. The number of nitro benzene ring substituents is 1. The van der Waals surface area contributed by atoms with Crippen molar-refractivity contribution in [2.24, 2.45) is 5.92 Å². The third-order valence-corrected chi connectivity index (χ3v) is 6.64. The summed E-state index contributed by atoms with van der Waals surface area (Å²) < 4.78 is 0. The molecule has 1 N–H and O–H groups in total. The number of benzene rings is 1. The Labute approximate surface area is 208 Å². The Bertz CT molecular complexity index is 917. The summed E-state index contributed by atoms with van der Waals surface area (Å²) in [4.78, 5) is 53.1. The van der Waals surface area contributed by atoms with Crippen molar-refractivity contribution >= 4 is 23.4 Å². The summed E-state index contributed by atoms with van der Waals surface area (Å²) in [6.45, 7) is 10.7. The zero-order chi connectivity index (χ0) is 26.1. The first-order chi connectivity index (χ1) is 16.6. The SMILES string of the molecule is CCCCCCCC(=O)N1CCN(C(=O)[C@H](NC(=O)c2ccc(C)c([N+](=O)[O-])c2)C(C)C)C[C@@H]1C. The maximum atomic E-state index is 13.3. The molecule has 0 aliphatic carbocycles. The lowest BCUT2D eigenvalue weighted by molar-refractivity contribution is -0.385. The lowest BCUT2D eigenvalue weighted by Gasteiger charge is -2.41. The first-order valence-corrected chi connectivity index (χ1v) is 12.7. The van der Waals surface area contributed by atoms with Crippen molar-refractivity contribution in [1.82, 2.24) is 15.1 Å². The topological polar surface area (TPSA) is 113 Å². The molecule has 0 bridgehead atoms. The molecule has 35 heavy (non-hydrogen) atoms. The van der Waals surface area contributed by atoms with Crippen LogP contribution in [0.3, 0.4) is 0 Å². The van der Waals surface area contributed by atoms with Crippen LogP contribution in [0.5, 0.6) is 0 Å². The Morgan fingerprint density at radius 2 is 1.83 bits per heavy atom. The van der Waals surface area contributed by atoms with Crippen LogP contribution in [0, 0.1) is 23.0 Å². The van der Waals surface area contributed by atoms with Crippen molar-refractivity contribution in [1.29, 1.82) is 0 Å². The van der Waals surface area contributed by atoms with Gasteiger partial charge in [0.1, 0.15) is 6.04 Å². The van der Waals surface area contributed by atoms with E-state index < -0.39 is 16.9 Å². The molecule has 9 heteroatoms. The molecule has 0 spiro atoms. The van der Waals surface area contributed by atoms with E-state index in [0.29, 0.717) is 31.6 Å². The van der Waals surface area contributed by atoms with Gasteiger partial charge >= 0.3 is 0 Å². The quantitative estimate of drug-likeness (QED) is 0.286. The molecule has 2 rings (SSSR count). The number of nitro groups is 1. The Kier molecular flexibility index (Phi) is 10.7. The first kappa shape index (κ1) is 28.3. The highest BCUT2D eigenvalue weighted by Crippen LogP contribution is 2.20. The monoisotopic (exact) mass is 488 g/mol.